The van der Waals surface area contributed by atoms with Gasteiger partial charge in [0.05, 0.1) is 5.69 Å². The maximum Gasteiger partial charge on any atom is 0.154 e. The first kappa shape index (κ1) is 11.9. The Morgan fingerprint density at radius 1 is 1.53 bits per heavy atom. The Hall–Kier alpha value is -1.62. The van der Waals surface area contributed by atoms with Crippen LogP contribution in [0.2, 0.25) is 0 Å². The predicted molar refractivity (Wildman–Crippen MR) is 69.2 cm³/mol. The number of aryl methyl sites for hydroxylation is 1. The molecule has 92 valence electrons. The van der Waals surface area contributed by atoms with E-state index in [9.17, 15) is 0 Å². The maximum atomic E-state index is 5.65. The molecule has 0 amide bonds. The first-order valence-corrected chi connectivity index (χ1v) is 5.84. The summed E-state index contributed by atoms with van der Waals surface area (Å²) in [5, 5.41) is 4.38. The number of rotatable bonds is 4. The molecule has 0 radical (unpaired) electrons. The van der Waals surface area contributed by atoms with E-state index in [4.69, 9.17) is 5.73 Å². The Morgan fingerprint density at radius 2 is 2.29 bits per heavy atom. The van der Waals surface area contributed by atoms with Crippen LogP contribution in [0, 0.1) is 12.8 Å². The molecule has 0 saturated heterocycles. The summed E-state index contributed by atoms with van der Waals surface area (Å²) < 4.78 is 1.86. The fourth-order valence-electron chi connectivity index (χ4n) is 1.95. The zero-order valence-corrected chi connectivity index (χ0v) is 10.6. The predicted octanol–water partition coefficient (Wildman–Crippen LogP) is 1.07. The van der Waals surface area contributed by atoms with Gasteiger partial charge in [-0.2, -0.15) is 5.10 Å². The van der Waals surface area contributed by atoms with E-state index in [2.05, 4.69) is 21.9 Å². The summed E-state index contributed by atoms with van der Waals surface area (Å²) in [4.78, 5) is 6.56. The van der Waals surface area contributed by atoms with Crippen molar-refractivity contribution < 1.29 is 0 Å². The van der Waals surface area contributed by atoms with E-state index in [1.165, 1.54) is 0 Å². The average molecular weight is 233 g/mol. The summed E-state index contributed by atoms with van der Waals surface area (Å²) in [6, 6.07) is 2.05. The Bertz CT molecular complexity index is 505. The minimum absolute atomic E-state index is 0.450. The molecule has 2 N–H and O–H groups in total. The number of nitrogens with zero attached hydrogens (tertiary/aromatic N) is 4. The lowest BCUT2D eigenvalue weighted by molar-refractivity contribution is 0.587. The maximum absolute atomic E-state index is 5.65. The summed E-state index contributed by atoms with van der Waals surface area (Å²) in [6.07, 6.45) is 3.64. The van der Waals surface area contributed by atoms with Crippen LogP contribution in [-0.2, 0) is 0 Å². The van der Waals surface area contributed by atoms with Crippen molar-refractivity contribution in [2.75, 3.05) is 25.0 Å². The van der Waals surface area contributed by atoms with Gasteiger partial charge in [0.2, 0.25) is 0 Å². The molecule has 0 fully saturated rings. The monoisotopic (exact) mass is 233 g/mol. The molecule has 1 atom stereocenters. The van der Waals surface area contributed by atoms with Gasteiger partial charge in [0.15, 0.2) is 5.82 Å². The highest BCUT2D eigenvalue weighted by atomic mass is 15.3. The minimum Gasteiger partial charge on any atom is -0.358 e. The molecule has 17 heavy (non-hydrogen) atoms. The van der Waals surface area contributed by atoms with E-state index in [1.807, 2.05) is 30.8 Å². The second-order valence-corrected chi connectivity index (χ2v) is 4.59. The quantitative estimate of drug-likeness (QED) is 0.858. The molecular formula is C12H19N5. The molecule has 0 aliphatic carbocycles. The highest BCUT2D eigenvalue weighted by Gasteiger charge is 2.11. The highest BCUT2D eigenvalue weighted by Crippen LogP contribution is 2.18. The molecule has 2 aromatic rings. The zero-order valence-electron chi connectivity index (χ0n) is 10.6. The van der Waals surface area contributed by atoms with Crippen LogP contribution in [0.15, 0.2) is 18.5 Å². The molecule has 0 spiro atoms. The van der Waals surface area contributed by atoms with Crippen LogP contribution in [-0.4, -0.2) is 34.7 Å². The van der Waals surface area contributed by atoms with Crippen molar-refractivity contribution in [3.8, 4) is 0 Å². The van der Waals surface area contributed by atoms with Gasteiger partial charge in [0, 0.05) is 26.0 Å². The lowest BCUT2D eigenvalue weighted by Gasteiger charge is -2.22. The molecule has 5 nitrogen and oxygen atoms in total. The number of hydrogen-bond acceptors (Lipinski definition) is 4. The molecule has 2 heterocycles. The zero-order chi connectivity index (χ0) is 12.4. The summed E-state index contributed by atoms with van der Waals surface area (Å²) in [6.45, 7) is 5.71. The molecule has 1 unspecified atom stereocenters. The summed E-state index contributed by atoms with van der Waals surface area (Å²) in [5.74, 6) is 1.40. The van der Waals surface area contributed by atoms with Crippen molar-refractivity contribution in [2.24, 2.45) is 11.7 Å². The van der Waals surface area contributed by atoms with E-state index in [0.717, 1.165) is 23.6 Å². The molecule has 0 saturated carbocycles. The molecule has 0 bridgehead atoms. The van der Waals surface area contributed by atoms with Crippen LogP contribution in [0.1, 0.15) is 12.6 Å². The smallest absolute Gasteiger partial charge is 0.154 e. The SMILES string of the molecule is Cc1cc2c(N(C)CC(C)CN)nccn2n1. The molecule has 2 rings (SSSR count). The Kier molecular flexibility index (Phi) is 3.28. The summed E-state index contributed by atoms with van der Waals surface area (Å²) in [5.41, 5.74) is 7.69. The molecule has 0 aromatic carbocycles. The standard InChI is InChI=1S/C12H19N5/c1-9(7-13)8-16(3)12-11-6-10(2)15-17(11)5-4-14-12/h4-6,9H,7-8,13H2,1-3H3. The van der Waals surface area contributed by atoms with Crippen molar-refractivity contribution >= 4 is 11.3 Å². The van der Waals surface area contributed by atoms with Crippen molar-refractivity contribution in [3.05, 3.63) is 24.2 Å². The lowest BCUT2D eigenvalue weighted by Crippen LogP contribution is -2.29. The van der Waals surface area contributed by atoms with Crippen LogP contribution in [0.4, 0.5) is 5.82 Å². The fourth-order valence-corrected chi connectivity index (χ4v) is 1.95. The van der Waals surface area contributed by atoms with Gasteiger partial charge in [-0.25, -0.2) is 9.50 Å². The van der Waals surface area contributed by atoms with Gasteiger partial charge in [-0.05, 0) is 25.5 Å². The second-order valence-electron chi connectivity index (χ2n) is 4.59. The van der Waals surface area contributed by atoms with Crippen LogP contribution in [0.5, 0.6) is 0 Å². The minimum atomic E-state index is 0.450. The number of hydrogen-bond donors (Lipinski definition) is 1. The third-order valence-corrected chi connectivity index (χ3v) is 2.84. The normalized spacial score (nSPS) is 12.9. The van der Waals surface area contributed by atoms with Crippen LogP contribution < -0.4 is 10.6 Å². The highest BCUT2D eigenvalue weighted by molar-refractivity contribution is 5.68. The van der Waals surface area contributed by atoms with Gasteiger partial charge in [-0.3, -0.25) is 0 Å². The van der Waals surface area contributed by atoms with Crippen molar-refractivity contribution in [1.29, 1.82) is 0 Å². The van der Waals surface area contributed by atoms with Gasteiger partial charge >= 0.3 is 0 Å². The second kappa shape index (κ2) is 4.71. The Balaban J connectivity index is 2.34. The topological polar surface area (TPSA) is 59.5 Å². The molecular weight excluding hydrogens is 214 g/mol. The van der Waals surface area contributed by atoms with Gasteiger partial charge < -0.3 is 10.6 Å². The van der Waals surface area contributed by atoms with Gasteiger partial charge in [-0.15, -0.1) is 0 Å². The third kappa shape index (κ3) is 2.39. The van der Waals surface area contributed by atoms with E-state index < -0.39 is 0 Å². The van der Waals surface area contributed by atoms with Gasteiger partial charge in [-0.1, -0.05) is 6.92 Å². The van der Waals surface area contributed by atoms with Gasteiger partial charge in [0.1, 0.15) is 5.52 Å². The third-order valence-electron chi connectivity index (χ3n) is 2.84. The molecule has 2 aromatic heterocycles. The Labute approximate surface area is 101 Å². The fraction of sp³-hybridized carbons (Fsp3) is 0.500. The van der Waals surface area contributed by atoms with Crippen molar-refractivity contribution in [2.45, 2.75) is 13.8 Å². The van der Waals surface area contributed by atoms with E-state index >= 15 is 0 Å². The average Bonchev–Trinajstić information content (AvgIpc) is 2.68. The first-order chi connectivity index (χ1) is 8.11. The van der Waals surface area contributed by atoms with Crippen molar-refractivity contribution in [1.82, 2.24) is 14.6 Å². The van der Waals surface area contributed by atoms with Crippen molar-refractivity contribution in [3.63, 3.8) is 0 Å². The van der Waals surface area contributed by atoms with Crippen LogP contribution in [0.3, 0.4) is 0 Å². The number of anilines is 1. The summed E-state index contributed by atoms with van der Waals surface area (Å²) >= 11 is 0. The van der Waals surface area contributed by atoms with Crippen LogP contribution >= 0.6 is 0 Å². The lowest BCUT2D eigenvalue weighted by atomic mass is 10.2. The molecule has 0 aliphatic rings. The van der Waals surface area contributed by atoms with E-state index in [-0.39, 0.29) is 0 Å². The van der Waals surface area contributed by atoms with Gasteiger partial charge in [0.25, 0.3) is 0 Å². The van der Waals surface area contributed by atoms with E-state index in [0.29, 0.717) is 12.5 Å². The largest absolute Gasteiger partial charge is 0.358 e. The number of aromatic nitrogens is 3. The summed E-state index contributed by atoms with van der Waals surface area (Å²) in [7, 11) is 2.04. The van der Waals surface area contributed by atoms with Crippen LogP contribution in [0.25, 0.3) is 5.52 Å². The molecule has 0 aliphatic heterocycles. The number of fused-ring (bicyclic) bond motifs is 1. The Morgan fingerprint density at radius 3 is 3.00 bits per heavy atom. The van der Waals surface area contributed by atoms with E-state index in [1.54, 1.807) is 6.20 Å². The number of nitrogens with two attached hydrogens (primary N) is 1. The molecule has 5 heteroatoms. The first-order valence-electron chi connectivity index (χ1n) is 5.84.